The fourth-order valence-corrected chi connectivity index (χ4v) is 3.67. The van der Waals surface area contributed by atoms with Gasteiger partial charge in [0.2, 0.25) is 0 Å². The second kappa shape index (κ2) is 7.59. The lowest BCUT2D eigenvalue weighted by atomic mass is 10.1. The van der Waals surface area contributed by atoms with Gasteiger partial charge in [-0.05, 0) is 75.0 Å². The smallest absolute Gasteiger partial charge is 0.265 e. The van der Waals surface area contributed by atoms with E-state index < -0.39 is 5.91 Å². The average Bonchev–Trinajstić information content (AvgIpc) is 2.92. The van der Waals surface area contributed by atoms with Crippen molar-refractivity contribution in [1.82, 2.24) is 14.8 Å². The lowest BCUT2D eigenvalue weighted by Crippen LogP contribution is -2.53. The number of aryl methyl sites for hydroxylation is 1. The highest BCUT2D eigenvalue weighted by Crippen LogP contribution is 2.25. The number of benzene rings is 1. The predicted octanol–water partition coefficient (Wildman–Crippen LogP) is 2.81. The number of rotatable bonds is 4. The van der Waals surface area contributed by atoms with Gasteiger partial charge in [-0.2, -0.15) is 0 Å². The molecule has 0 saturated carbocycles. The molecule has 7 heteroatoms. The van der Waals surface area contributed by atoms with E-state index in [0.29, 0.717) is 6.54 Å². The van der Waals surface area contributed by atoms with Crippen LogP contribution in [0.15, 0.2) is 35.9 Å². The molecule has 2 amide bonds. The van der Waals surface area contributed by atoms with Crippen molar-refractivity contribution in [2.24, 2.45) is 0 Å². The average molecular weight is 397 g/mol. The Morgan fingerprint density at radius 2 is 1.79 bits per heavy atom. The molecule has 1 N–H and O–H groups in total. The zero-order valence-electron chi connectivity index (χ0n) is 16.7. The van der Waals surface area contributed by atoms with Gasteiger partial charge in [-0.3, -0.25) is 19.8 Å². The van der Waals surface area contributed by atoms with E-state index >= 15 is 0 Å². The molecule has 28 heavy (non-hydrogen) atoms. The van der Waals surface area contributed by atoms with Crippen LogP contribution < -0.4 is 10.2 Å². The Kier molecular flexibility index (Phi) is 5.38. The molecule has 6 nitrogen and oxygen atoms in total. The molecule has 0 atom stereocenters. The molecule has 3 rings (SSSR count). The van der Waals surface area contributed by atoms with Crippen LogP contribution in [0.25, 0.3) is 11.8 Å². The summed E-state index contributed by atoms with van der Waals surface area (Å²) in [4.78, 5) is 28.4. The van der Waals surface area contributed by atoms with E-state index in [4.69, 9.17) is 12.2 Å². The molecule has 0 aliphatic carbocycles. The first-order valence-corrected chi connectivity index (χ1v) is 9.51. The molecular formula is C21H24N4O2S. The minimum atomic E-state index is -0.458. The Labute approximate surface area is 170 Å². The van der Waals surface area contributed by atoms with Crippen molar-refractivity contribution in [1.29, 1.82) is 0 Å². The summed E-state index contributed by atoms with van der Waals surface area (Å²) in [5.74, 6) is -0.823. The fourth-order valence-electron chi connectivity index (χ4n) is 3.37. The molecule has 1 fully saturated rings. The first kappa shape index (κ1) is 19.8. The van der Waals surface area contributed by atoms with Gasteiger partial charge < -0.3 is 9.47 Å². The van der Waals surface area contributed by atoms with Crippen molar-refractivity contribution in [3.05, 3.63) is 52.9 Å². The van der Waals surface area contributed by atoms with Gasteiger partial charge in [0.05, 0.1) is 0 Å². The van der Waals surface area contributed by atoms with Gasteiger partial charge in [-0.1, -0.05) is 0 Å². The van der Waals surface area contributed by atoms with E-state index in [2.05, 4.69) is 34.1 Å². The van der Waals surface area contributed by atoms with Crippen LogP contribution in [0.2, 0.25) is 0 Å². The monoisotopic (exact) mass is 396 g/mol. The molecule has 1 aliphatic rings. The molecule has 2 aromatic rings. The predicted molar refractivity (Wildman–Crippen MR) is 116 cm³/mol. The summed E-state index contributed by atoms with van der Waals surface area (Å²) in [6, 6.07) is 10.2. The number of hydrogen-bond donors (Lipinski definition) is 1. The summed E-state index contributed by atoms with van der Waals surface area (Å²) < 4.78 is 2.11. The minimum absolute atomic E-state index is 0.0960. The maximum Gasteiger partial charge on any atom is 0.265 e. The van der Waals surface area contributed by atoms with Gasteiger partial charge in [0.25, 0.3) is 11.8 Å². The third kappa shape index (κ3) is 3.45. The summed E-state index contributed by atoms with van der Waals surface area (Å²) in [5.41, 5.74) is 5.05. The molecular weight excluding hydrogens is 372 g/mol. The summed E-state index contributed by atoms with van der Waals surface area (Å²) in [5, 5.41) is 2.74. The van der Waals surface area contributed by atoms with Crippen LogP contribution in [-0.2, 0) is 9.59 Å². The lowest BCUT2D eigenvalue weighted by molar-refractivity contribution is -0.128. The highest BCUT2D eigenvalue weighted by molar-refractivity contribution is 7.80. The van der Waals surface area contributed by atoms with Crippen LogP contribution in [0.3, 0.4) is 0 Å². The van der Waals surface area contributed by atoms with Crippen molar-refractivity contribution >= 4 is 40.9 Å². The van der Waals surface area contributed by atoms with Gasteiger partial charge in [-0.25, -0.2) is 0 Å². The van der Waals surface area contributed by atoms with E-state index in [-0.39, 0.29) is 16.6 Å². The van der Waals surface area contributed by atoms with Crippen LogP contribution in [0, 0.1) is 13.8 Å². The Hall–Kier alpha value is -2.93. The second-order valence-electron chi connectivity index (χ2n) is 6.94. The number of thiocarbonyl (C=S) groups is 1. The van der Waals surface area contributed by atoms with E-state index in [1.54, 1.807) is 6.08 Å². The number of carbonyl (C=O) groups is 2. The van der Waals surface area contributed by atoms with Crippen LogP contribution in [0.5, 0.6) is 0 Å². The third-order valence-corrected chi connectivity index (χ3v) is 5.22. The molecule has 0 spiro atoms. The Bertz CT molecular complexity index is 987. The number of likely N-dealkylation sites (N-methyl/N-ethyl adjacent to an activating group) is 1. The van der Waals surface area contributed by atoms with Crippen molar-refractivity contribution in [2.75, 3.05) is 25.5 Å². The van der Waals surface area contributed by atoms with Crippen molar-refractivity contribution in [3.63, 3.8) is 0 Å². The molecule has 1 aromatic carbocycles. The number of hydrogen-bond acceptors (Lipinski definition) is 4. The SMILES string of the molecule is CCN1C(=O)/C(=C/c2cc(C)n(-c3ccc(N(C)C)cc3)c2C)C(=O)NC1=S. The molecule has 0 bridgehead atoms. The van der Waals surface area contributed by atoms with Crippen LogP contribution in [-0.4, -0.2) is 47.0 Å². The van der Waals surface area contributed by atoms with Crippen molar-refractivity contribution in [2.45, 2.75) is 20.8 Å². The Balaban J connectivity index is 2.02. The maximum absolute atomic E-state index is 12.7. The molecule has 2 heterocycles. The molecule has 146 valence electrons. The van der Waals surface area contributed by atoms with Crippen molar-refractivity contribution < 1.29 is 9.59 Å². The van der Waals surface area contributed by atoms with Gasteiger partial charge in [-0.15, -0.1) is 0 Å². The van der Waals surface area contributed by atoms with Gasteiger partial charge >= 0.3 is 0 Å². The number of carbonyl (C=O) groups excluding carboxylic acids is 2. The van der Waals surface area contributed by atoms with Crippen LogP contribution in [0.4, 0.5) is 5.69 Å². The zero-order chi connectivity index (χ0) is 20.6. The zero-order valence-corrected chi connectivity index (χ0v) is 17.6. The number of anilines is 1. The first-order chi connectivity index (χ1) is 13.2. The summed E-state index contributed by atoms with van der Waals surface area (Å²) in [6.45, 7) is 6.22. The Morgan fingerprint density at radius 1 is 1.14 bits per heavy atom. The highest BCUT2D eigenvalue weighted by Gasteiger charge is 2.32. The number of aromatic nitrogens is 1. The number of nitrogens with one attached hydrogen (secondary N) is 1. The van der Waals surface area contributed by atoms with E-state index in [9.17, 15) is 9.59 Å². The highest BCUT2D eigenvalue weighted by atomic mass is 32.1. The maximum atomic E-state index is 12.7. The second-order valence-corrected chi connectivity index (χ2v) is 7.33. The third-order valence-electron chi connectivity index (χ3n) is 4.90. The lowest BCUT2D eigenvalue weighted by Gasteiger charge is -2.27. The molecule has 0 radical (unpaired) electrons. The summed E-state index contributed by atoms with van der Waals surface area (Å²) in [6.07, 6.45) is 1.65. The van der Waals surface area contributed by atoms with Gasteiger partial charge in [0, 0.05) is 43.4 Å². The van der Waals surface area contributed by atoms with Gasteiger partial charge in [0.15, 0.2) is 5.11 Å². The molecule has 1 aromatic heterocycles. The van der Waals surface area contributed by atoms with E-state index in [1.165, 1.54) is 4.90 Å². The number of amides is 2. The van der Waals surface area contributed by atoms with Crippen LogP contribution in [0.1, 0.15) is 23.9 Å². The largest absolute Gasteiger partial charge is 0.378 e. The van der Waals surface area contributed by atoms with Gasteiger partial charge in [0.1, 0.15) is 5.57 Å². The Morgan fingerprint density at radius 3 is 2.36 bits per heavy atom. The number of nitrogens with zero attached hydrogens (tertiary/aromatic N) is 3. The minimum Gasteiger partial charge on any atom is -0.378 e. The first-order valence-electron chi connectivity index (χ1n) is 9.10. The fraction of sp³-hybridized carbons (Fsp3) is 0.286. The van der Waals surface area contributed by atoms with Crippen molar-refractivity contribution in [3.8, 4) is 5.69 Å². The summed E-state index contributed by atoms with van der Waals surface area (Å²) in [7, 11) is 4.01. The molecule has 1 aliphatic heterocycles. The molecule has 0 unspecified atom stereocenters. The quantitative estimate of drug-likeness (QED) is 0.491. The van der Waals surface area contributed by atoms with Crippen LogP contribution >= 0.6 is 12.2 Å². The standard InChI is InChI=1S/C21H24N4O2S/c1-6-24-20(27)18(19(26)22-21(24)28)12-15-11-13(2)25(14(15)3)17-9-7-16(8-10-17)23(4)5/h7-12H,6H2,1-5H3,(H,22,26,28)/b18-12+. The summed E-state index contributed by atoms with van der Waals surface area (Å²) >= 11 is 5.08. The van der Waals surface area contributed by atoms with E-state index in [1.807, 2.05) is 45.8 Å². The topological polar surface area (TPSA) is 57.6 Å². The molecule has 1 saturated heterocycles. The normalized spacial score (nSPS) is 16.0. The van der Waals surface area contributed by atoms with E-state index in [0.717, 1.165) is 28.3 Å².